The molecule has 4 rings (SSSR count). The van der Waals surface area contributed by atoms with E-state index in [9.17, 15) is 13.6 Å². The number of morpholine rings is 1. The molecule has 0 aliphatic carbocycles. The van der Waals surface area contributed by atoms with Gasteiger partial charge in [0.2, 0.25) is 0 Å². The summed E-state index contributed by atoms with van der Waals surface area (Å²) in [6.07, 6.45) is 4.63. The van der Waals surface area contributed by atoms with Crippen molar-refractivity contribution in [3.63, 3.8) is 0 Å². The average Bonchev–Trinajstić information content (AvgIpc) is 2.65. The largest absolute Gasteiger partial charge is 0.362 e. The fourth-order valence-corrected chi connectivity index (χ4v) is 3.94. The third kappa shape index (κ3) is 3.99. The molecule has 2 saturated heterocycles. The van der Waals surface area contributed by atoms with Crippen molar-refractivity contribution in [2.24, 2.45) is 0 Å². The van der Waals surface area contributed by atoms with Gasteiger partial charge >= 0.3 is 0 Å². The topological polar surface area (TPSA) is 45.7 Å². The van der Waals surface area contributed by atoms with Crippen LogP contribution in [-0.4, -0.2) is 47.6 Å². The van der Waals surface area contributed by atoms with Crippen LogP contribution in [0.4, 0.5) is 14.5 Å². The Hall–Kier alpha value is -2.38. The maximum atomic E-state index is 13.4. The number of hydrogen-bond donors (Lipinski definition) is 0. The highest BCUT2D eigenvalue weighted by atomic mass is 19.1. The molecule has 2 aliphatic rings. The van der Waals surface area contributed by atoms with Crippen LogP contribution in [0, 0.1) is 11.6 Å². The fourth-order valence-electron chi connectivity index (χ4n) is 3.94. The van der Waals surface area contributed by atoms with Crippen LogP contribution in [0.2, 0.25) is 0 Å². The van der Waals surface area contributed by atoms with Crippen LogP contribution in [-0.2, 0) is 16.1 Å². The van der Waals surface area contributed by atoms with Crippen molar-refractivity contribution >= 4 is 11.6 Å². The molecule has 0 N–H and O–H groups in total. The molecule has 0 radical (unpaired) electrons. The van der Waals surface area contributed by atoms with Crippen molar-refractivity contribution in [1.29, 1.82) is 0 Å². The van der Waals surface area contributed by atoms with Crippen molar-refractivity contribution in [2.45, 2.75) is 25.0 Å². The van der Waals surface area contributed by atoms with E-state index in [2.05, 4.69) is 9.88 Å². The Bertz CT molecular complexity index is 830. The van der Waals surface area contributed by atoms with Gasteiger partial charge in [-0.25, -0.2) is 8.78 Å². The van der Waals surface area contributed by atoms with Crippen LogP contribution in [0.3, 0.4) is 0 Å². The molecule has 1 amide bonds. The third-order valence-corrected chi connectivity index (χ3v) is 5.17. The van der Waals surface area contributed by atoms with Gasteiger partial charge in [0, 0.05) is 25.0 Å². The standard InChI is InChI=1S/C20H21F2N3O2/c21-16-2-4-18(5-3-16)25-14-20(27-12-19(25)26)6-1-7-24(13-20)11-15-8-17(22)10-23-9-15/h2-5,8-10H,1,6-7,11-14H2. The lowest BCUT2D eigenvalue weighted by Gasteiger charge is -2.47. The molecule has 2 aromatic rings. The molecule has 1 atom stereocenters. The van der Waals surface area contributed by atoms with Crippen LogP contribution < -0.4 is 4.90 Å². The predicted molar refractivity (Wildman–Crippen MR) is 96.1 cm³/mol. The molecule has 142 valence electrons. The lowest BCUT2D eigenvalue weighted by atomic mass is 9.90. The van der Waals surface area contributed by atoms with Gasteiger partial charge in [-0.2, -0.15) is 0 Å². The van der Waals surface area contributed by atoms with Crippen LogP contribution in [0.1, 0.15) is 18.4 Å². The number of pyridine rings is 1. The van der Waals surface area contributed by atoms with Crippen molar-refractivity contribution in [3.05, 3.63) is 59.9 Å². The molecule has 1 unspecified atom stereocenters. The number of halogens is 2. The van der Waals surface area contributed by atoms with Crippen molar-refractivity contribution in [3.8, 4) is 0 Å². The zero-order chi connectivity index (χ0) is 18.9. The number of benzene rings is 1. The SMILES string of the molecule is O=C1COC2(CCCN(Cc3cncc(F)c3)C2)CN1c1ccc(F)cc1. The molecule has 2 aliphatic heterocycles. The summed E-state index contributed by atoms with van der Waals surface area (Å²) in [5.41, 5.74) is 1.02. The van der Waals surface area contributed by atoms with Gasteiger partial charge in [-0.15, -0.1) is 0 Å². The van der Waals surface area contributed by atoms with Crippen LogP contribution >= 0.6 is 0 Å². The van der Waals surface area contributed by atoms with Crippen LogP contribution in [0.25, 0.3) is 0 Å². The van der Waals surface area contributed by atoms with E-state index in [-0.39, 0.29) is 24.1 Å². The second-order valence-corrected chi connectivity index (χ2v) is 7.25. The first-order valence-corrected chi connectivity index (χ1v) is 9.05. The number of anilines is 1. The van der Waals surface area contributed by atoms with E-state index in [1.807, 2.05) is 0 Å². The Balaban J connectivity index is 1.49. The maximum Gasteiger partial charge on any atom is 0.253 e. The van der Waals surface area contributed by atoms with E-state index in [0.29, 0.717) is 25.3 Å². The number of piperidine rings is 1. The van der Waals surface area contributed by atoms with E-state index in [1.165, 1.54) is 24.4 Å². The Morgan fingerprint density at radius 3 is 2.70 bits per heavy atom. The first kappa shape index (κ1) is 18.0. The molecule has 3 heterocycles. The van der Waals surface area contributed by atoms with Crippen molar-refractivity contribution in [1.82, 2.24) is 9.88 Å². The highest BCUT2D eigenvalue weighted by Crippen LogP contribution is 2.32. The number of aromatic nitrogens is 1. The minimum atomic E-state index is -0.471. The van der Waals surface area contributed by atoms with E-state index < -0.39 is 5.60 Å². The van der Waals surface area contributed by atoms with Gasteiger partial charge in [0.05, 0.1) is 18.3 Å². The molecule has 1 aromatic carbocycles. The second-order valence-electron chi connectivity index (χ2n) is 7.25. The lowest BCUT2D eigenvalue weighted by Crippen LogP contribution is -2.61. The zero-order valence-electron chi connectivity index (χ0n) is 14.9. The smallest absolute Gasteiger partial charge is 0.253 e. The third-order valence-electron chi connectivity index (χ3n) is 5.17. The summed E-state index contributed by atoms with van der Waals surface area (Å²) < 4.78 is 32.6. The number of carbonyl (C=O) groups excluding carboxylic acids is 1. The molecule has 27 heavy (non-hydrogen) atoms. The van der Waals surface area contributed by atoms with Gasteiger partial charge in [0.1, 0.15) is 18.2 Å². The number of ether oxygens (including phenoxy) is 1. The van der Waals surface area contributed by atoms with E-state index in [0.717, 1.165) is 24.9 Å². The molecule has 0 bridgehead atoms. The second kappa shape index (κ2) is 7.32. The Kier molecular flexibility index (Phi) is 4.88. The Morgan fingerprint density at radius 2 is 1.93 bits per heavy atom. The number of rotatable bonds is 3. The summed E-state index contributed by atoms with van der Waals surface area (Å²) >= 11 is 0. The molecular weight excluding hydrogens is 352 g/mol. The monoisotopic (exact) mass is 373 g/mol. The summed E-state index contributed by atoms with van der Waals surface area (Å²) in [5.74, 6) is -0.804. The number of nitrogens with zero attached hydrogens (tertiary/aromatic N) is 3. The molecule has 5 nitrogen and oxygen atoms in total. The van der Waals surface area contributed by atoms with Gasteiger partial charge in [0.15, 0.2) is 0 Å². The van der Waals surface area contributed by atoms with Crippen LogP contribution in [0.15, 0.2) is 42.7 Å². The minimum Gasteiger partial charge on any atom is -0.362 e. The normalized spacial score (nSPS) is 23.8. The molecular formula is C20H21F2N3O2. The highest BCUT2D eigenvalue weighted by molar-refractivity contribution is 5.95. The van der Waals surface area contributed by atoms with Crippen molar-refractivity contribution < 1.29 is 18.3 Å². The van der Waals surface area contributed by atoms with Gasteiger partial charge in [-0.05, 0) is 55.3 Å². The number of amides is 1. The summed E-state index contributed by atoms with van der Waals surface area (Å²) in [4.78, 5) is 20.1. The quantitative estimate of drug-likeness (QED) is 0.830. The van der Waals surface area contributed by atoms with Gasteiger partial charge in [-0.3, -0.25) is 14.7 Å². The fraction of sp³-hybridized carbons (Fsp3) is 0.400. The molecule has 7 heteroatoms. The number of carbonyl (C=O) groups is 1. The summed E-state index contributed by atoms with van der Waals surface area (Å²) in [5, 5.41) is 0. The first-order valence-electron chi connectivity index (χ1n) is 9.05. The van der Waals surface area contributed by atoms with E-state index in [4.69, 9.17) is 4.74 Å². The van der Waals surface area contributed by atoms with Gasteiger partial charge in [-0.1, -0.05) is 0 Å². The van der Waals surface area contributed by atoms with E-state index in [1.54, 1.807) is 23.2 Å². The number of likely N-dealkylation sites (tertiary alicyclic amines) is 1. The number of hydrogen-bond acceptors (Lipinski definition) is 4. The first-order chi connectivity index (χ1) is 13.0. The predicted octanol–water partition coefficient (Wildman–Crippen LogP) is 2.76. The average molecular weight is 373 g/mol. The molecule has 2 fully saturated rings. The van der Waals surface area contributed by atoms with Gasteiger partial charge < -0.3 is 9.64 Å². The maximum absolute atomic E-state index is 13.4. The van der Waals surface area contributed by atoms with Crippen molar-refractivity contribution in [2.75, 3.05) is 31.1 Å². The molecule has 1 aromatic heterocycles. The summed E-state index contributed by atoms with van der Waals surface area (Å²) in [6.45, 7) is 2.54. The van der Waals surface area contributed by atoms with Gasteiger partial charge in [0.25, 0.3) is 5.91 Å². The molecule has 1 spiro atoms. The Labute approximate surface area is 156 Å². The van der Waals surface area contributed by atoms with E-state index >= 15 is 0 Å². The zero-order valence-corrected chi connectivity index (χ0v) is 14.9. The summed E-state index contributed by atoms with van der Waals surface area (Å²) in [6, 6.07) is 7.44. The summed E-state index contributed by atoms with van der Waals surface area (Å²) in [7, 11) is 0. The lowest BCUT2D eigenvalue weighted by molar-refractivity contribution is -0.146. The Morgan fingerprint density at radius 1 is 1.11 bits per heavy atom. The highest BCUT2D eigenvalue weighted by Gasteiger charge is 2.43. The molecule has 0 saturated carbocycles. The van der Waals surface area contributed by atoms with Crippen LogP contribution in [0.5, 0.6) is 0 Å². The minimum absolute atomic E-state index is 0.00668.